The molecular weight excluding hydrogens is 395 g/mol. The Kier molecular flexibility index (Phi) is 6.47. The molecule has 8 heteroatoms. The lowest BCUT2D eigenvalue weighted by Gasteiger charge is -2.30. The van der Waals surface area contributed by atoms with Gasteiger partial charge in [0.05, 0.1) is 12.2 Å². The molecule has 2 aromatic heterocycles. The van der Waals surface area contributed by atoms with Crippen molar-refractivity contribution >= 4 is 23.2 Å². The average molecular weight is 420 g/mol. The summed E-state index contributed by atoms with van der Waals surface area (Å²) in [6.45, 7) is 3.71. The molecule has 1 aliphatic rings. The Morgan fingerprint density at radius 3 is 2.61 bits per heavy atom. The minimum atomic E-state index is -0.429. The van der Waals surface area contributed by atoms with Crippen molar-refractivity contribution in [3.63, 3.8) is 0 Å². The van der Waals surface area contributed by atoms with Crippen molar-refractivity contribution in [2.45, 2.75) is 25.7 Å². The van der Waals surface area contributed by atoms with Gasteiger partial charge in [-0.05, 0) is 57.1 Å². The molecule has 1 amide bonds. The SMILES string of the molecule is Cc1cc(Nc2ccccn2)nc(C2CCN(CC(=O)Nc3ccccc3F)CC2)n1. The maximum atomic E-state index is 13.7. The first kappa shape index (κ1) is 20.9. The molecule has 1 aromatic carbocycles. The molecule has 0 atom stereocenters. The van der Waals surface area contributed by atoms with Crippen LogP contribution in [0.3, 0.4) is 0 Å². The second-order valence-electron chi connectivity index (χ2n) is 7.67. The molecule has 0 bridgehead atoms. The third-order valence-electron chi connectivity index (χ3n) is 5.26. The van der Waals surface area contributed by atoms with Gasteiger partial charge in [0.25, 0.3) is 0 Å². The Morgan fingerprint density at radius 1 is 1.10 bits per heavy atom. The van der Waals surface area contributed by atoms with Crippen LogP contribution >= 0.6 is 0 Å². The number of aromatic nitrogens is 3. The predicted octanol–water partition coefficient (Wildman–Crippen LogP) is 3.88. The van der Waals surface area contributed by atoms with E-state index in [1.54, 1.807) is 24.4 Å². The highest BCUT2D eigenvalue weighted by Crippen LogP contribution is 2.27. The van der Waals surface area contributed by atoms with Gasteiger partial charge in [-0.25, -0.2) is 19.3 Å². The van der Waals surface area contributed by atoms with Crippen LogP contribution in [0.15, 0.2) is 54.7 Å². The van der Waals surface area contributed by atoms with Crippen molar-refractivity contribution < 1.29 is 9.18 Å². The maximum absolute atomic E-state index is 13.7. The van der Waals surface area contributed by atoms with Gasteiger partial charge in [0, 0.05) is 23.9 Å². The van der Waals surface area contributed by atoms with Crippen LogP contribution in [0.1, 0.15) is 30.3 Å². The summed E-state index contributed by atoms with van der Waals surface area (Å²) < 4.78 is 13.7. The van der Waals surface area contributed by atoms with E-state index < -0.39 is 5.82 Å². The quantitative estimate of drug-likeness (QED) is 0.630. The van der Waals surface area contributed by atoms with Gasteiger partial charge in [0.2, 0.25) is 5.91 Å². The van der Waals surface area contributed by atoms with E-state index in [-0.39, 0.29) is 24.1 Å². The van der Waals surface area contributed by atoms with Crippen LogP contribution in [0.4, 0.5) is 21.7 Å². The minimum Gasteiger partial charge on any atom is -0.325 e. The molecule has 1 saturated heterocycles. The van der Waals surface area contributed by atoms with Gasteiger partial charge >= 0.3 is 0 Å². The Hall–Kier alpha value is -3.39. The van der Waals surface area contributed by atoms with Gasteiger partial charge in [-0.3, -0.25) is 9.69 Å². The lowest BCUT2D eigenvalue weighted by molar-refractivity contribution is -0.117. The zero-order valence-electron chi connectivity index (χ0n) is 17.4. The topological polar surface area (TPSA) is 83.0 Å². The maximum Gasteiger partial charge on any atom is 0.238 e. The number of halogens is 1. The normalized spacial score (nSPS) is 14.9. The van der Waals surface area contributed by atoms with Gasteiger partial charge < -0.3 is 10.6 Å². The van der Waals surface area contributed by atoms with Crippen molar-refractivity contribution in [1.82, 2.24) is 19.9 Å². The summed E-state index contributed by atoms with van der Waals surface area (Å²) in [5.41, 5.74) is 1.11. The monoisotopic (exact) mass is 420 g/mol. The summed E-state index contributed by atoms with van der Waals surface area (Å²) >= 11 is 0. The van der Waals surface area contributed by atoms with Crippen LogP contribution in [0, 0.1) is 12.7 Å². The van der Waals surface area contributed by atoms with Crippen LogP contribution in [-0.2, 0) is 4.79 Å². The van der Waals surface area contributed by atoms with E-state index in [0.717, 1.165) is 49.1 Å². The van der Waals surface area contributed by atoms with Gasteiger partial charge in [-0.1, -0.05) is 18.2 Å². The fourth-order valence-electron chi connectivity index (χ4n) is 3.71. The summed E-state index contributed by atoms with van der Waals surface area (Å²) in [6, 6.07) is 13.8. The summed E-state index contributed by atoms with van der Waals surface area (Å²) in [5.74, 6) is 1.87. The summed E-state index contributed by atoms with van der Waals surface area (Å²) in [5, 5.41) is 5.87. The molecule has 1 aliphatic heterocycles. The van der Waals surface area contributed by atoms with Crippen molar-refractivity contribution in [2.24, 2.45) is 0 Å². The van der Waals surface area contributed by atoms with Gasteiger partial charge in [0.15, 0.2) is 0 Å². The van der Waals surface area contributed by atoms with Crippen LogP contribution < -0.4 is 10.6 Å². The number of nitrogens with one attached hydrogen (secondary N) is 2. The van der Waals surface area contributed by atoms with E-state index in [4.69, 9.17) is 4.98 Å². The lowest BCUT2D eigenvalue weighted by atomic mass is 9.96. The molecule has 0 radical (unpaired) electrons. The van der Waals surface area contributed by atoms with Crippen molar-refractivity contribution in [2.75, 3.05) is 30.3 Å². The van der Waals surface area contributed by atoms with E-state index in [0.29, 0.717) is 0 Å². The summed E-state index contributed by atoms with van der Waals surface area (Å²) in [4.78, 5) is 28.0. The third kappa shape index (κ3) is 5.61. The van der Waals surface area contributed by atoms with Gasteiger partial charge in [0.1, 0.15) is 23.3 Å². The van der Waals surface area contributed by atoms with Crippen molar-refractivity contribution in [1.29, 1.82) is 0 Å². The van der Waals surface area contributed by atoms with Gasteiger partial charge in [-0.15, -0.1) is 0 Å². The number of hydrogen-bond acceptors (Lipinski definition) is 6. The Morgan fingerprint density at radius 2 is 1.87 bits per heavy atom. The number of carbonyl (C=O) groups is 1. The third-order valence-corrected chi connectivity index (χ3v) is 5.26. The standard InChI is InChI=1S/C23H25FN6O/c1-16-14-21(28-20-8-4-5-11-25-20)29-23(26-16)17-9-12-30(13-10-17)15-22(31)27-19-7-3-2-6-18(19)24/h2-8,11,14,17H,9-10,12-13,15H2,1H3,(H,27,31)(H,25,26,28,29). The lowest BCUT2D eigenvalue weighted by Crippen LogP contribution is -2.39. The Labute approximate surface area is 180 Å². The molecule has 3 heterocycles. The number of rotatable bonds is 6. The first-order chi connectivity index (χ1) is 15.1. The number of amides is 1. The van der Waals surface area contributed by atoms with Crippen molar-refractivity contribution in [3.8, 4) is 0 Å². The largest absolute Gasteiger partial charge is 0.325 e. The van der Waals surface area contributed by atoms with E-state index in [1.165, 1.54) is 6.07 Å². The molecule has 0 saturated carbocycles. The highest BCUT2D eigenvalue weighted by atomic mass is 19.1. The van der Waals surface area contributed by atoms with E-state index in [2.05, 4.69) is 25.5 Å². The molecule has 160 valence electrons. The Bertz CT molecular complexity index is 1040. The second-order valence-corrected chi connectivity index (χ2v) is 7.67. The summed E-state index contributed by atoms with van der Waals surface area (Å²) in [7, 11) is 0. The smallest absolute Gasteiger partial charge is 0.238 e. The number of benzene rings is 1. The van der Waals surface area contributed by atoms with Crippen molar-refractivity contribution in [3.05, 3.63) is 72.1 Å². The molecule has 2 N–H and O–H groups in total. The predicted molar refractivity (Wildman–Crippen MR) is 118 cm³/mol. The van der Waals surface area contributed by atoms with Crippen LogP contribution in [-0.4, -0.2) is 45.4 Å². The number of nitrogens with zero attached hydrogens (tertiary/aromatic N) is 4. The second kappa shape index (κ2) is 9.61. The molecule has 3 aromatic rings. The molecule has 1 fully saturated rings. The van der Waals surface area contributed by atoms with E-state index >= 15 is 0 Å². The number of anilines is 3. The molecule has 0 unspecified atom stereocenters. The average Bonchev–Trinajstić information content (AvgIpc) is 2.76. The molecule has 31 heavy (non-hydrogen) atoms. The van der Waals surface area contributed by atoms with Crippen LogP contribution in [0.25, 0.3) is 0 Å². The van der Waals surface area contributed by atoms with E-state index in [1.807, 2.05) is 31.2 Å². The highest BCUT2D eigenvalue weighted by Gasteiger charge is 2.24. The molecule has 0 aliphatic carbocycles. The zero-order chi connectivity index (χ0) is 21.6. The van der Waals surface area contributed by atoms with Crippen LogP contribution in [0.5, 0.6) is 0 Å². The molecule has 0 spiro atoms. The molecule has 7 nitrogen and oxygen atoms in total. The zero-order valence-corrected chi connectivity index (χ0v) is 17.4. The fraction of sp³-hybridized carbons (Fsp3) is 0.304. The Balaban J connectivity index is 1.33. The number of para-hydroxylation sites is 1. The number of hydrogen-bond donors (Lipinski definition) is 2. The van der Waals surface area contributed by atoms with E-state index in [9.17, 15) is 9.18 Å². The number of piperidine rings is 1. The number of pyridine rings is 1. The number of likely N-dealkylation sites (tertiary alicyclic amines) is 1. The number of aryl methyl sites for hydroxylation is 1. The minimum absolute atomic E-state index is 0.211. The van der Waals surface area contributed by atoms with Crippen LogP contribution in [0.2, 0.25) is 0 Å². The molecular formula is C23H25FN6O. The first-order valence-electron chi connectivity index (χ1n) is 10.4. The fourth-order valence-corrected chi connectivity index (χ4v) is 3.71. The first-order valence-corrected chi connectivity index (χ1v) is 10.4. The molecule has 4 rings (SSSR count). The highest BCUT2D eigenvalue weighted by molar-refractivity contribution is 5.92. The van der Waals surface area contributed by atoms with Gasteiger partial charge in [-0.2, -0.15) is 0 Å². The number of carbonyl (C=O) groups excluding carboxylic acids is 1. The summed E-state index contributed by atoms with van der Waals surface area (Å²) in [6.07, 6.45) is 3.45.